The van der Waals surface area contributed by atoms with E-state index in [1.807, 2.05) is 26.0 Å². The molecule has 0 heterocycles. The van der Waals surface area contributed by atoms with Gasteiger partial charge in [-0.25, -0.2) is 4.39 Å². The van der Waals surface area contributed by atoms with Crippen molar-refractivity contribution in [1.82, 2.24) is 0 Å². The minimum absolute atomic E-state index is 0. The number of hydrogen-bond acceptors (Lipinski definition) is 1. The van der Waals surface area contributed by atoms with Gasteiger partial charge in [0.1, 0.15) is 5.82 Å². The van der Waals surface area contributed by atoms with Gasteiger partial charge in [0.15, 0.2) is 0 Å². The van der Waals surface area contributed by atoms with Crippen molar-refractivity contribution in [3.63, 3.8) is 0 Å². The van der Waals surface area contributed by atoms with Gasteiger partial charge in [-0.05, 0) is 22.8 Å². The molecule has 80 valence electrons. The first kappa shape index (κ1) is 13.6. The summed E-state index contributed by atoms with van der Waals surface area (Å²) in [7, 11) is -0.432. The van der Waals surface area contributed by atoms with E-state index >= 15 is 0 Å². The van der Waals surface area contributed by atoms with Gasteiger partial charge < -0.3 is 5.73 Å². The maximum absolute atomic E-state index is 13.1. The first-order valence-corrected chi connectivity index (χ1v) is 6.22. The molecule has 1 aromatic carbocycles. The van der Waals surface area contributed by atoms with Crippen molar-refractivity contribution in [1.29, 1.82) is 0 Å². The molecule has 0 aliphatic heterocycles. The number of hydrogen-bond donors (Lipinski definition) is 1. The fourth-order valence-electron chi connectivity index (χ4n) is 1.16. The zero-order chi connectivity index (χ0) is 9.90. The molecule has 0 amide bonds. The highest BCUT2D eigenvalue weighted by Gasteiger charge is 2.12. The lowest BCUT2D eigenvalue weighted by atomic mass is 10.2. The SMILES string of the molecule is CC(C)(N)[SiH2]Cc1ccccc1F.Cl. The van der Waals surface area contributed by atoms with E-state index in [-0.39, 0.29) is 23.4 Å². The summed E-state index contributed by atoms with van der Waals surface area (Å²) in [5.74, 6) is -0.0979. The number of halogens is 2. The van der Waals surface area contributed by atoms with E-state index in [9.17, 15) is 4.39 Å². The average molecular weight is 234 g/mol. The van der Waals surface area contributed by atoms with Crippen molar-refractivity contribution >= 4 is 21.9 Å². The first-order valence-electron chi connectivity index (χ1n) is 4.51. The third-order valence-electron chi connectivity index (χ3n) is 2.00. The Morgan fingerprint density at radius 2 is 1.93 bits per heavy atom. The summed E-state index contributed by atoms with van der Waals surface area (Å²) >= 11 is 0. The van der Waals surface area contributed by atoms with Crippen molar-refractivity contribution in [2.24, 2.45) is 5.73 Å². The van der Waals surface area contributed by atoms with Gasteiger partial charge in [-0.15, -0.1) is 12.4 Å². The van der Waals surface area contributed by atoms with Gasteiger partial charge in [-0.2, -0.15) is 0 Å². The molecule has 0 aliphatic carbocycles. The average Bonchev–Trinajstić information content (AvgIpc) is 2.01. The normalized spacial score (nSPS) is 11.7. The van der Waals surface area contributed by atoms with Crippen molar-refractivity contribution in [3.05, 3.63) is 35.6 Å². The van der Waals surface area contributed by atoms with Crippen molar-refractivity contribution in [2.45, 2.75) is 25.1 Å². The maximum Gasteiger partial charge on any atom is 0.126 e. The van der Waals surface area contributed by atoms with E-state index in [1.54, 1.807) is 6.07 Å². The number of rotatable bonds is 3. The van der Waals surface area contributed by atoms with E-state index in [0.29, 0.717) is 0 Å². The molecule has 2 N–H and O–H groups in total. The Labute approximate surface area is 93.1 Å². The highest BCUT2D eigenvalue weighted by molar-refractivity contribution is 6.39. The predicted octanol–water partition coefficient (Wildman–Crippen LogP) is 1.61. The van der Waals surface area contributed by atoms with Crippen LogP contribution in [0.3, 0.4) is 0 Å². The van der Waals surface area contributed by atoms with Crippen molar-refractivity contribution < 1.29 is 4.39 Å². The third-order valence-corrected chi connectivity index (χ3v) is 4.07. The van der Waals surface area contributed by atoms with Gasteiger partial charge in [0, 0.05) is 9.52 Å². The molecule has 0 unspecified atom stereocenters. The molecule has 0 fully saturated rings. The van der Waals surface area contributed by atoms with Gasteiger partial charge >= 0.3 is 0 Å². The van der Waals surface area contributed by atoms with Crippen LogP contribution in [0.4, 0.5) is 4.39 Å². The summed E-state index contributed by atoms with van der Waals surface area (Å²) in [5, 5.41) is -0.0811. The molecule has 0 atom stereocenters. The third kappa shape index (κ3) is 4.74. The maximum atomic E-state index is 13.1. The quantitative estimate of drug-likeness (QED) is 0.789. The molecule has 0 aromatic heterocycles. The lowest BCUT2D eigenvalue weighted by Gasteiger charge is -2.17. The summed E-state index contributed by atoms with van der Waals surface area (Å²) in [5.41, 5.74) is 6.69. The van der Waals surface area contributed by atoms with Gasteiger partial charge in [-0.3, -0.25) is 0 Å². The van der Waals surface area contributed by atoms with Crippen LogP contribution in [0.1, 0.15) is 19.4 Å². The largest absolute Gasteiger partial charge is 0.329 e. The number of nitrogens with two attached hydrogens (primary N) is 1. The molecule has 0 spiro atoms. The van der Waals surface area contributed by atoms with Crippen LogP contribution in [0.15, 0.2) is 24.3 Å². The smallest absolute Gasteiger partial charge is 0.126 e. The Kier molecular flexibility index (Phi) is 5.34. The monoisotopic (exact) mass is 233 g/mol. The molecule has 0 saturated heterocycles. The lowest BCUT2D eigenvalue weighted by Crippen LogP contribution is -2.40. The standard InChI is InChI=1S/C10H16FNSi.ClH/c1-10(2,12)13-7-8-5-3-4-6-9(8)11;/h3-6H,7,12-13H2,1-2H3;1H. The van der Waals surface area contributed by atoms with E-state index in [4.69, 9.17) is 5.73 Å². The highest BCUT2D eigenvalue weighted by Crippen LogP contribution is 2.08. The van der Waals surface area contributed by atoms with Crippen LogP contribution < -0.4 is 5.73 Å². The Morgan fingerprint density at radius 3 is 2.43 bits per heavy atom. The summed E-state index contributed by atoms with van der Waals surface area (Å²) in [4.78, 5) is 0. The van der Waals surface area contributed by atoms with Crippen LogP contribution in [0.5, 0.6) is 0 Å². The molecule has 1 rings (SSSR count). The van der Waals surface area contributed by atoms with Gasteiger partial charge in [0.2, 0.25) is 0 Å². The summed E-state index contributed by atoms with van der Waals surface area (Å²) in [6.45, 7) is 4.03. The second kappa shape index (κ2) is 5.49. The molecule has 1 nitrogen and oxygen atoms in total. The van der Waals surface area contributed by atoms with E-state index < -0.39 is 9.52 Å². The Bertz CT molecular complexity index is 286. The van der Waals surface area contributed by atoms with Crippen molar-refractivity contribution in [2.75, 3.05) is 0 Å². The predicted molar refractivity (Wildman–Crippen MR) is 64.2 cm³/mol. The minimum atomic E-state index is -0.432. The zero-order valence-corrected chi connectivity index (χ0v) is 10.8. The molecule has 4 heteroatoms. The Morgan fingerprint density at radius 1 is 1.36 bits per heavy atom. The zero-order valence-electron chi connectivity index (χ0n) is 8.59. The molecule has 14 heavy (non-hydrogen) atoms. The molecular weight excluding hydrogens is 217 g/mol. The molecule has 0 saturated carbocycles. The molecular formula is C10H17ClFNSi. The van der Waals surface area contributed by atoms with Crippen LogP contribution in [0.2, 0.25) is 0 Å². The van der Waals surface area contributed by atoms with Crippen LogP contribution in [-0.2, 0) is 6.04 Å². The van der Waals surface area contributed by atoms with Gasteiger partial charge in [-0.1, -0.05) is 32.0 Å². The number of benzene rings is 1. The summed E-state index contributed by atoms with van der Waals surface area (Å²) < 4.78 is 13.1. The second-order valence-corrected chi connectivity index (χ2v) is 6.90. The van der Waals surface area contributed by atoms with Gasteiger partial charge in [0.25, 0.3) is 0 Å². The van der Waals surface area contributed by atoms with Crippen LogP contribution in [0.25, 0.3) is 0 Å². The van der Waals surface area contributed by atoms with Crippen LogP contribution in [-0.4, -0.2) is 14.7 Å². The fraction of sp³-hybridized carbons (Fsp3) is 0.400. The second-order valence-electron chi connectivity index (χ2n) is 4.08. The van der Waals surface area contributed by atoms with E-state index in [0.717, 1.165) is 11.6 Å². The summed E-state index contributed by atoms with van der Waals surface area (Å²) in [6, 6.07) is 7.78. The molecule has 0 aliphatic rings. The van der Waals surface area contributed by atoms with Gasteiger partial charge in [0.05, 0.1) is 0 Å². The Hall–Kier alpha value is -0.383. The molecule has 0 radical (unpaired) electrons. The Balaban J connectivity index is 0.00000169. The van der Waals surface area contributed by atoms with Crippen LogP contribution in [0, 0.1) is 5.82 Å². The minimum Gasteiger partial charge on any atom is -0.329 e. The first-order chi connectivity index (χ1) is 5.99. The van der Waals surface area contributed by atoms with Crippen molar-refractivity contribution in [3.8, 4) is 0 Å². The van der Waals surface area contributed by atoms with E-state index in [2.05, 4.69) is 0 Å². The van der Waals surface area contributed by atoms with E-state index in [1.165, 1.54) is 6.07 Å². The topological polar surface area (TPSA) is 26.0 Å². The fourth-order valence-corrected chi connectivity index (χ4v) is 2.48. The summed E-state index contributed by atoms with van der Waals surface area (Å²) in [6.07, 6.45) is 0. The molecule has 0 bridgehead atoms. The van der Waals surface area contributed by atoms with Crippen LogP contribution >= 0.6 is 12.4 Å². The molecule has 1 aromatic rings. The highest BCUT2D eigenvalue weighted by atomic mass is 35.5. The lowest BCUT2D eigenvalue weighted by molar-refractivity contribution is 0.615.